The average molecular weight is 239 g/mol. The van der Waals surface area contributed by atoms with Crippen LogP contribution in [0, 0.1) is 5.92 Å². The van der Waals surface area contributed by atoms with E-state index in [1.165, 1.54) is 16.7 Å². The molecule has 4 heteroatoms. The van der Waals surface area contributed by atoms with Gasteiger partial charge in [-0.15, -0.1) is 0 Å². The molecule has 0 aromatic heterocycles. The third kappa shape index (κ3) is 2.12. The minimum atomic E-state index is 0.0994. The van der Waals surface area contributed by atoms with Crippen molar-refractivity contribution in [3.05, 3.63) is 22.4 Å². The maximum absolute atomic E-state index is 6.03. The van der Waals surface area contributed by atoms with Crippen molar-refractivity contribution in [3.63, 3.8) is 0 Å². The van der Waals surface area contributed by atoms with Gasteiger partial charge in [-0.3, -0.25) is 0 Å². The van der Waals surface area contributed by atoms with E-state index in [4.69, 9.17) is 19.9 Å². The second-order valence-electron chi connectivity index (χ2n) is 4.79. The molecule has 3 atom stereocenters. The number of methoxy groups -OCH3 is 2. The lowest BCUT2D eigenvalue weighted by Crippen LogP contribution is -2.17. The summed E-state index contributed by atoms with van der Waals surface area (Å²) < 4.78 is 16.1. The van der Waals surface area contributed by atoms with E-state index in [1.54, 1.807) is 14.2 Å². The minimum Gasteiger partial charge on any atom is -0.398 e. The van der Waals surface area contributed by atoms with Crippen LogP contribution in [-0.2, 0) is 14.2 Å². The maximum Gasteiger partial charge on any atom is 0.111 e. The van der Waals surface area contributed by atoms with E-state index in [0.29, 0.717) is 19.1 Å². The monoisotopic (exact) mass is 239 g/mol. The number of hydrogen-bond acceptors (Lipinski definition) is 4. The highest BCUT2D eigenvalue weighted by molar-refractivity contribution is 5.77. The third-order valence-corrected chi connectivity index (χ3v) is 3.28. The molecule has 2 aliphatic carbocycles. The van der Waals surface area contributed by atoms with Gasteiger partial charge in [0.15, 0.2) is 0 Å². The predicted octanol–water partition coefficient (Wildman–Crippen LogP) is 1.23. The standard InChI is InChI=1S/C13H21NO3/c1-7(5-15-3)9-10-11(12(9)14)13(10)17-8(2)6-16-4/h7-8,13H,5-6,14H2,1-4H3. The molecule has 0 bridgehead atoms. The average Bonchev–Trinajstić information content (AvgIpc) is 2.86. The summed E-state index contributed by atoms with van der Waals surface area (Å²) in [5.41, 5.74) is 10.7. The number of nitrogens with two attached hydrogens (primary N) is 1. The highest BCUT2D eigenvalue weighted by Gasteiger charge is 2.51. The molecular weight excluding hydrogens is 218 g/mol. The Labute approximate surface area is 102 Å². The Balaban J connectivity index is 1.84. The van der Waals surface area contributed by atoms with Crippen LogP contribution in [0.1, 0.15) is 13.8 Å². The van der Waals surface area contributed by atoms with Crippen LogP contribution < -0.4 is 5.73 Å². The molecule has 0 saturated carbocycles. The quantitative estimate of drug-likeness (QED) is 0.726. The van der Waals surface area contributed by atoms with Gasteiger partial charge in [0.25, 0.3) is 0 Å². The highest BCUT2D eigenvalue weighted by Crippen LogP contribution is 2.55. The zero-order valence-corrected chi connectivity index (χ0v) is 10.9. The summed E-state index contributed by atoms with van der Waals surface area (Å²) in [7, 11) is 3.39. The molecule has 2 N–H and O–H groups in total. The van der Waals surface area contributed by atoms with Crippen molar-refractivity contribution >= 4 is 0 Å². The smallest absolute Gasteiger partial charge is 0.111 e. The van der Waals surface area contributed by atoms with Gasteiger partial charge in [-0.2, -0.15) is 0 Å². The van der Waals surface area contributed by atoms with Crippen molar-refractivity contribution in [3.8, 4) is 0 Å². The Bertz CT molecular complexity index is 373. The zero-order valence-electron chi connectivity index (χ0n) is 10.9. The van der Waals surface area contributed by atoms with E-state index in [0.717, 1.165) is 5.70 Å². The summed E-state index contributed by atoms with van der Waals surface area (Å²) in [6.07, 6.45) is 0.219. The fraction of sp³-hybridized carbons (Fsp3) is 0.692. The predicted molar refractivity (Wildman–Crippen MR) is 65.5 cm³/mol. The molecule has 0 aromatic rings. The zero-order chi connectivity index (χ0) is 12.6. The number of ether oxygens (including phenoxy) is 3. The lowest BCUT2D eigenvalue weighted by atomic mass is 9.93. The van der Waals surface area contributed by atoms with Crippen molar-refractivity contribution in [2.75, 3.05) is 27.4 Å². The first kappa shape index (κ1) is 12.6. The molecule has 0 amide bonds. The van der Waals surface area contributed by atoms with E-state index in [-0.39, 0.29) is 12.2 Å². The van der Waals surface area contributed by atoms with Gasteiger partial charge in [-0.25, -0.2) is 0 Å². The summed E-state index contributed by atoms with van der Waals surface area (Å²) in [5.74, 6) is 0.352. The molecule has 0 heterocycles. The Morgan fingerprint density at radius 1 is 1.12 bits per heavy atom. The Morgan fingerprint density at radius 2 is 1.76 bits per heavy atom. The Kier molecular flexibility index (Phi) is 3.56. The summed E-state index contributed by atoms with van der Waals surface area (Å²) in [5, 5.41) is 0. The first-order valence-electron chi connectivity index (χ1n) is 5.99. The van der Waals surface area contributed by atoms with Crippen molar-refractivity contribution in [1.82, 2.24) is 0 Å². The van der Waals surface area contributed by atoms with Gasteiger partial charge >= 0.3 is 0 Å². The van der Waals surface area contributed by atoms with Crippen LogP contribution in [0.15, 0.2) is 22.4 Å². The van der Waals surface area contributed by atoms with Crippen molar-refractivity contribution < 1.29 is 14.2 Å². The fourth-order valence-electron chi connectivity index (χ4n) is 2.51. The van der Waals surface area contributed by atoms with Gasteiger partial charge in [-0.05, 0) is 18.1 Å². The number of rotatable bonds is 7. The topological polar surface area (TPSA) is 53.7 Å². The number of hydrogen-bond donors (Lipinski definition) is 1. The molecule has 0 radical (unpaired) electrons. The van der Waals surface area contributed by atoms with Crippen molar-refractivity contribution in [2.45, 2.75) is 26.1 Å². The van der Waals surface area contributed by atoms with Gasteiger partial charge in [0.05, 0.1) is 19.3 Å². The van der Waals surface area contributed by atoms with E-state index in [2.05, 4.69) is 6.92 Å². The summed E-state index contributed by atoms with van der Waals surface area (Å²) >= 11 is 0. The van der Waals surface area contributed by atoms with Crippen LogP contribution in [0.5, 0.6) is 0 Å². The molecule has 0 aromatic carbocycles. The summed E-state index contributed by atoms with van der Waals surface area (Å²) in [6.45, 7) is 5.45. The van der Waals surface area contributed by atoms with E-state index >= 15 is 0 Å². The largest absolute Gasteiger partial charge is 0.398 e. The van der Waals surface area contributed by atoms with Crippen LogP contribution in [0.25, 0.3) is 0 Å². The van der Waals surface area contributed by atoms with Crippen LogP contribution in [-0.4, -0.2) is 39.6 Å². The SMILES string of the molecule is COCC(C)OC1C2=C1C(C(C)COC)=C2N. The molecule has 0 aliphatic heterocycles. The molecule has 0 spiro atoms. The van der Waals surface area contributed by atoms with Gasteiger partial charge in [0, 0.05) is 31.4 Å². The lowest BCUT2D eigenvalue weighted by Gasteiger charge is -2.17. The molecule has 4 nitrogen and oxygen atoms in total. The van der Waals surface area contributed by atoms with E-state index in [9.17, 15) is 0 Å². The third-order valence-electron chi connectivity index (χ3n) is 3.28. The van der Waals surface area contributed by atoms with Crippen LogP contribution in [0.3, 0.4) is 0 Å². The molecule has 0 saturated heterocycles. The second-order valence-corrected chi connectivity index (χ2v) is 4.79. The van der Waals surface area contributed by atoms with E-state index < -0.39 is 0 Å². The Hall–Kier alpha value is -0.840. The molecule has 2 rings (SSSR count). The van der Waals surface area contributed by atoms with Crippen LogP contribution in [0.4, 0.5) is 0 Å². The van der Waals surface area contributed by atoms with Gasteiger partial charge in [-0.1, -0.05) is 6.92 Å². The molecule has 0 fully saturated rings. The van der Waals surface area contributed by atoms with Gasteiger partial charge < -0.3 is 19.9 Å². The minimum absolute atomic E-state index is 0.0994. The normalized spacial score (nSPS) is 25.5. The summed E-state index contributed by atoms with van der Waals surface area (Å²) in [4.78, 5) is 0. The summed E-state index contributed by atoms with van der Waals surface area (Å²) in [6, 6.07) is 0. The van der Waals surface area contributed by atoms with E-state index in [1.807, 2.05) is 6.92 Å². The van der Waals surface area contributed by atoms with Crippen molar-refractivity contribution in [2.24, 2.45) is 11.7 Å². The Morgan fingerprint density at radius 3 is 2.35 bits per heavy atom. The molecule has 96 valence electrons. The molecular formula is C13H21NO3. The first-order valence-corrected chi connectivity index (χ1v) is 5.99. The molecule has 17 heavy (non-hydrogen) atoms. The lowest BCUT2D eigenvalue weighted by molar-refractivity contribution is 0.00521. The maximum atomic E-state index is 6.03. The second kappa shape index (κ2) is 4.80. The molecule has 2 aliphatic rings. The first-order chi connectivity index (χ1) is 8.11. The van der Waals surface area contributed by atoms with Gasteiger partial charge in [0.2, 0.25) is 0 Å². The van der Waals surface area contributed by atoms with Gasteiger partial charge in [0.1, 0.15) is 6.10 Å². The van der Waals surface area contributed by atoms with Crippen molar-refractivity contribution in [1.29, 1.82) is 0 Å². The molecule has 3 unspecified atom stereocenters. The van der Waals surface area contributed by atoms with Crippen LogP contribution >= 0.6 is 0 Å². The highest BCUT2D eigenvalue weighted by atomic mass is 16.5. The van der Waals surface area contributed by atoms with Crippen LogP contribution in [0.2, 0.25) is 0 Å². The fourth-order valence-corrected chi connectivity index (χ4v) is 2.51.